The maximum absolute atomic E-state index is 9.83. The summed E-state index contributed by atoms with van der Waals surface area (Å²) in [5.74, 6) is 0. The van der Waals surface area contributed by atoms with Gasteiger partial charge in [-0.05, 0) is 36.1 Å². The molecule has 0 amide bonds. The molecule has 0 saturated heterocycles. The maximum Gasteiger partial charge on any atom is 0.0682 e. The minimum atomic E-state index is 0.0683. The van der Waals surface area contributed by atoms with Crippen molar-refractivity contribution in [3.8, 4) is 0 Å². The van der Waals surface area contributed by atoms with E-state index in [-0.39, 0.29) is 13.2 Å². The third-order valence-electron chi connectivity index (χ3n) is 7.45. The van der Waals surface area contributed by atoms with E-state index in [4.69, 9.17) is 0 Å². The van der Waals surface area contributed by atoms with E-state index in [1.807, 2.05) is 12.1 Å². The zero-order valence-corrected chi connectivity index (χ0v) is 21.7. The fourth-order valence-electron chi connectivity index (χ4n) is 5.45. The van der Waals surface area contributed by atoms with Gasteiger partial charge in [-0.25, -0.2) is 0 Å². The molecule has 2 N–H and O–H groups in total. The van der Waals surface area contributed by atoms with E-state index in [0.29, 0.717) is 6.04 Å². The maximum atomic E-state index is 9.83. The lowest BCUT2D eigenvalue weighted by Gasteiger charge is -2.22. The average Bonchev–Trinajstić information content (AvgIpc) is 3.19. The SMILES string of the molecule is CCCCCCCCC(CCCCCCCC)n1c2cc(CO)ccc2c2ccc(CO)cc21. The lowest BCUT2D eigenvalue weighted by atomic mass is 9.99. The normalized spacial score (nSPS) is 11.9. The lowest BCUT2D eigenvalue weighted by Crippen LogP contribution is -2.10. The van der Waals surface area contributed by atoms with Crippen LogP contribution in [0.1, 0.15) is 121 Å². The molecule has 3 nitrogen and oxygen atoms in total. The third kappa shape index (κ3) is 7.09. The minimum absolute atomic E-state index is 0.0683. The number of aromatic nitrogens is 1. The summed E-state index contributed by atoms with van der Waals surface area (Å²) in [5, 5.41) is 22.2. The highest BCUT2D eigenvalue weighted by molar-refractivity contribution is 6.08. The lowest BCUT2D eigenvalue weighted by molar-refractivity contribution is 0.282. The number of benzene rings is 2. The Kier molecular flexibility index (Phi) is 11.4. The van der Waals surface area contributed by atoms with Crippen molar-refractivity contribution in [2.75, 3.05) is 0 Å². The van der Waals surface area contributed by atoms with Gasteiger partial charge in [0.25, 0.3) is 0 Å². The molecule has 1 heterocycles. The summed E-state index contributed by atoms with van der Waals surface area (Å²) in [6.07, 6.45) is 18.2. The summed E-state index contributed by atoms with van der Waals surface area (Å²) < 4.78 is 2.56. The average molecular weight is 466 g/mol. The molecule has 0 bridgehead atoms. The van der Waals surface area contributed by atoms with Crippen molar-refractivity contribution in [3.05, 3.63) is 47.5 Å². The minimum Gasteiger partial charge on any atom is -0.392 e. The number of aliphatic hydroxyl groups is 2. The summed E-state index contributed by atoms with van der Waals surface area (Å²) >= 11 is 0. The number of rotatable bonds is 17. The molecule has 0 aliphatic rings. The van der Waals surface area contributed by atoms with Gasteiger partial charge in [-0.3, -0.25) is 0 Å². The Labute approximate surface area is 207 Å². The van der Waals surface area contributed by atoms with E-state index in [9.17, 15) is 10.2 Å². The molecule has 0 aliphatic carbocycles. The van der Waals surface area contributed by atoms with Crippen LogP contribution in [0.4, 0.5) is 0 Å². The first-order chi connectivity index (χ1) is 16.7. The van der Waals surface area contributed by atoms with Crippen molar-refractivity contribution >= 4 is 21.8 Å². The van der Waals surface area contributed by atoms with Gasteiger partial charge in [-0.1, -0.05) is 115 Å². The summed E-state index contributed by atoms with van der Waals surface area (Å²) in [6, 6.07) is 13.3. The highest BCUT2D eigenvalue weighted by atomic mass is 16.3. The molecule has 0 atom stereocenters. The fraction of sp³-hybridized carbons (Fsp3) is 0.613. The van der Waals surface area contributed by atoms with Crippen molar-refractivity contribution in [3.63, 3.8) is 0 Å². The highest BCUT2D eigenvalue weighted by Crippen LogP contribution is 2.37. The predicted octanol–water partition coefficient (Wildman–Crippen LogP) is 8.82. The van der Waals surface area contributed by atoms with E-state index >= 15 is 0 Å². The summed E-state index contributed by atoms with van der Waals surface area (Å²) in [7, 11) is 0. The summed E-state index contributed by atoms with van der Waals surface area (Å²) in [4.78, 5) is 0. The second-order valence-electron chi connectivity index (χ2n) is 10.2. The first-order valence-electron chi connectivity index (χ1n) is 14.0. The Balaban J connectivity index is 1.90. The van der Waals surface area contributed by atoms with E-state index in [1.54, 1.807) is 0 Å². The van der Waals surface area contributed by atoms with Crippen LogP contribution in [0.25, 0.3) is 21.8 Å². The van der Waals surface area contributed by atoms with Crippen molar-refractivity contribution in [1.29, 1.82) is 0 Å². The molecule has 0 saturated carbocycles. The van der Waals surface area contributed by atoms with Crippen molar-refractivity contribution in [2.24, 2.45) is 0 Å². The number of unbranched alkanes of at least 4 members (excludes halogenated alkanes) is 10. The number of fused-ring (bicyclic) bond motifs is 3. The van der Waals surface area contributed by atoms with E-state index in [1.165, 1.54) is 112 Å². The highest BCUT2D eigenvalue weighted by Gasteiger charge is 2.19. The van der Waals surface area contributed by atoms with Crippen molar-refractivity contribution in [1.82, 2.24) is 4.57 Å². The van der Waals surface area contributed by atoms with Crippen LogP contribution in [-0.4, -0.2) is 14.8 Å². The van der Waals surface area contributed by atoms with Crippen LogP contribution in [0.2, 0.25) is 0 Å². The largest absolute Gasteiger partial charge is 0.392 e. The molecule has 1 aromatic heterocycles. The third-order valence-corrected chi connectivity index (χ3v) is 7.45. The molecule has 3 heteroatoms. The van der Waals surface area contributed by atoms with Gasteiger partial charge < -0.3 is 14.8 Å². The van der Waals surface area contributed by atoms with Gasteiger partial charge in [0.2, 0.25) is 0 Å². The molecule has 3 rings (SSSR count). The Morgan fingerprint density at radius 2 is 1.00 bits per heavy atom. The first-order valence-corrected chi connectivity index (χ1v) is 14.0. The zero-order valence-electron chi connectivity index (χ0n) is 21.7. The van der Waals surface area contributed by atoms with Gasteiger partial charge in [-0.15, -0.1) is 0 Å². The van der Waals surface area contributed by atoms with Gasteiger partial charge in [0.05, 0.1) is 13.2 Å². The quantitative estimate of drug-likeness (QED) is 0.196. The molecule has 188 valence electrons. The molecule has 3 aromatic rings. The van der Waals surface area contributed by atoms with Crippen LogP contribution in [0, 0.1) is 0 Å². The summed E-state index contributed by atoms with van der Waals surface area (Å²) in [5.41, 5.74) is 4.41. The van der Waals surface area contributed by atoms with Crippen LogP contribution in [-0.2, 0) is 13.2 Å². The van der Waals surface area contributed by atoms with Crippen molar-refractivity contribution in [2.45, 2.75) is 123 Å². The standard InChI is InChI=1S/C31H47NO2/c1-3-5-7-9-11-13-15-27(16-14-12-10-8-6-4-2)32-30-21-25(23-33)17-19-28(30)29-20-18-26(24-34)22-31(29)32/h17-22,27,33-34H,3-16,23-24H2,1-2H3. The van der Waals surface area contributed by atoms with E-state index < -0.39 is 0 Å². The fourth-order valence-corrected chi connectivity index (χ4v) is 5.45. The molecular weight excluding hydrogens is 418 g/mol. The molecule has 0 spiro atoms. The van der Waals surface area contributed by atoms with Gasteiger partial charge in [-0.2, -0.15) is 0 Å². The van der Waals surface area contributed by atoms with E-state index in [2.05, 4.69) is 42.7 Å². The summed E-state index contributed by atoms with van der Waals surface area (Å²) in [6.45, 7) is 4.69. The van der Waals surface area contributed by atoms with Gasteiger partial charge >= 0.3 is 0 Å². The molecule has 34 heavy (non-hydrogen) atoms. The van der Waals surface area contributed by atoms with Gasteiger partial charge in [0.15, 0.2) is 0 Å². The van der Waals surface area contributed by atoms with Crippen molar-refractivity contribution < 1.29 is 10.2 Å². The van der Waals surface area contributed by atoms with Crippen LogP contribution in [0.5, 0.6) is 0 Å². The molecular formula is C31H47NO2. The zero-order chi connectivity index (χ0) is 24.2. The van der Waals surface area contributed by atoms with Gasteiger partial charge in [0, 0.05) is 27.8 Å². The molecule has 2 aromatic carbocycles. The molecule has 0 fully saturated rings. The topological polar surface area (TPSA) is 45.4 Å². The Morgan fingerprint density at radius 3 is 1.41 bits per heavy atom. The monoisotopic (exact) mass is 465 g/mol. The first kappa shape index (κ1) is 26.8. The second-order valence-corrected chi connectivity index (χ2v) is 10.2. The molecule has 0 aliphatic heterocycles. The number of aliphatic hydroxyl groups excluding tert-OH is 2. The smallest absolute Gasteiger partial charge is 0.0682 e. The predicted molar refractivity (Wildman–Crippen MR) is 146 cm³/mol. The Morgan fingerprint density at radius 1 is 0.588 bits per heavy atom. The van der Waals surface area contributed by atoms with Crippen LogP contribution < -0.4 is 0 Å². The Bertz CT molecular complexity index is 913. The van der Waals surface area contributed by atoms with Crippen LogP contribution >= 0.6 is 0 Å². The van der Waals surface area contributed by atoms with E-state index in [0.717, 1.165) is 11.1 Å². The number of hydrogen-bond acceptors (Lipinski definition) is 2. The second kappa shape index (κ2) is 14.5. The Hall–Kier alpha value is -1.84. The van der Waals surface area contributed by atoms with Crippen LogP contribution in [0.15, 0.2) is 36.4 Å². The molecule has 0 radical (unpaired) electrons. The number of hydrogen-bond donors (Lipinski definition) is 2. The van der Waals surface area contributed by atoms with Gasteiger partial charge in [0.1, 0.15) is 0 Å². The van der Waals surface area contributed by atoms with Crippen LogP contribution in [0.3, 0.4) is 0 Å². The molecule has 0 unspecified atom stereocenters. The number of nitrogens with zero attached hydrogens (tertiary/aromatic N) is 1.